The van der Waals surface area contributed by atoms with Crippen LogP contribution in [0, 0.1) is 6.92 Å². The molecule has 0 saturated heterocycles. The van der Waals surface area contributed by atoms with Gasteiger partial charge in [-0.1, -0.05) is 90.3 Å². The number of hydrogen-bond acceptors (Lipinski definition) is 4. The van der Waals surface area contributed by atoms with Crippen molar-refractivity contribution in [2.75, 3.05) is 17.1 Å². The molecule has 3 aromatic rings. The molecular formula is C30H35Cl2N3O4S. The predicted octanol–water partition coefficient (Wildman–Crippen LogP) is 5.62. The lowest BCUT2D eigenvalue weighted by Gasteiger charge is -2.34. The van der Waals surface area contributed by atoms with E-state index in [1.165, 1.54) is 23.1 Å². The van der Waals surface area contributed by atoms with Crippen molar-refractivity contribution in [3.8, 4) is 0 Å². The van der Waals surface area contributed by atoms with Gasteiger partial charge in [0.25, 0.3) is 0 Å². The molecule has 0 radical (unpaired) electrons. The van der Waals surface area contributed by atoms with E-state index in [0.717, 1.165) is 27.3 Å². The zero-order chi connectivity index (χ0) is 29.4. The normalized spacial score (nSPS) is 12.8. The van der Waals surface area contributed by atoms with E-state index in [-0.39, 0.29) is 40.6 Å². The van der Waals surface area contributed by atoms with Crippen LogP contribution in [-0.4, -0.2) is 50.0 Å². The van der Waals surface area contributed by atoms with Gasteiger partial charge in [-0.25, -0.2) is 8.42 Å². The van der Waals surface area contributed by atoms with Gasteiger partial charge in [0.05, 0.1) is 11.9 Å². The molecule has 7 nitrogen and oxygen atoms in total. The minimum Gasteiger partial charge on any atom is -0.352 e. The second kappa shape index (κ2) is 14.0. The maximum absolute atomic E-state index is 14.1. The van der Waals surface area contributed by atoms with Crippen LogP contribution in [0.3, 0.4) is 0 Å². The maximum Gasteiger partial charge on any atom is 0.244 e. The van der Waals surface area contributed by atoms with Crippen molar-refractivity contribution in [2.24, 2.45) is 0 Å². The molecule has 10 heteroatoms. The fraction of sp³-hybridized carbons (Fsp3) is 0.333. The predicted molar refractivity (Wildman–Crippen MR) is 162 cm³/mol. The first-order chi connectivity index (χ1) is 18.9. The van der Waals surface area contributed by atoms with Gasteiger partial charge in [-0.05, 0) is 49.6 Å². The Hall–Kier alpha value is -3.07. The Labute approximate surface area is 247 Å². The Morgan fingerprint density at radius 2 is 1.52 bits per heavy atom. The summed E-state index contributed by atoms with van der Waals surface area (Å²) in [7, 11) is -3.92. The minimum atomic E-state index is -3.92. The molecule has 2 atom stereocenters. The second-order valence-corrected chi connectivity index (χ2v) is 12.7. The van der Waals surface area contributed by atoms with E-state index in [1.807, 2.05) is 75.4 Å². The third-order valence-corrected chi connectivity index (χ3v) is 8.14. The second-order valence-electron chi connectivity index (χ2n) is 9.93. The van der Waals surface area contributed by atoms with Crippen LogP contribution in [0.15, 0.2) is 72.8 Å². The largest absolute Gasteiger partial charge is 0.352 e. The van der Waals surface area contributed by atoms with Gasteiger partial charge in [0.2, 0.25) is 21.8 Å². The van der Waals surface area contributed by atoms with Crippen molar-refractivity contribution >= 4 is 50.7 Å². The van der Waals surface area contributed by atoms with E-state index in [9.17, 15) is 18.0 Å². The van der Waals surface area contributed by atoms with Crippen LogP contribution in [0.25, 0.3) is 0 Å². The van der Waals surface area contributed by atoms with Crippen LogP contribution in [0.5, 0.6) is 0 Å². The van der Waals surface area contributed by atoms with Gasteiger partial charge < -0.3 is 10.2 Å². The topological polar surface area (TPSA) is 86.8 Å². The highest BCUT2D eigenvalue weighted by atomic mass is 35.5. The van der Waals surface area contributed by atoms with Gasteiger partial charge in [0.15, 0.2) is 0 Å². The first kappa shape index (κ1) is 31.5. The van der Waals surface area contributed by atoms with E-state index >= 15 is 0 Å². The van der Waals surface area contributed by atoms with E-state index in [1.54, 1.807) is 0 Å². The highest BCUT2D eigenvalue weighted by Crippen LogP contribution is 2.27. The molecular weight excluding hydrogens is 569 g/mol. The number of rotatable bonds is 12. The molecule has 3 rings (SSSR count). The summed E-state index contributed by atoms with van der Waals surface area (Å²) in [5.41, 5.74) is 2.89. The van der Waals surface area contributed by atoms with Gasteiger partial charge in [-0.15, -0.1) is 0 Å². The number of anilines is 1. The quantitative estimate of drug-likeness (QED) is 0.291. The lowest BCUT2D eigenvalue weighted by molar-refractivity contribution is -0.140. The van der Waals surface area contributed by atoms with Gasteiger partial charge in [0, 0.05) is 29.1 Å². The highest BCUT2D eigenvalue weighted by molar-refractivity contribution is 7.92. The SMILES string of the molecule is CC[C@@H](C)NC(=O)[C@H](Cc1ccccc1)N(Cc1ccc(C)cc1)C(=O)CN(c1cc(Cl)cc(Cl)c1)S(C)(=O)=O. The van der Waals surface area contributed by atoms with Gasteiger partial charge in [0.1, 0.15) is 12.6 Å². The average Bonchev–Trinajstić information content (AvgIpc) is 2.89. The molecule has 3 aromatic carbocycles. The number of sulfonamides is 1. The summed E-state index contributed by atoms with van der Waals surface area (Å²) in [4.78, 5) is 29.2. The fourth-order valence-corrected chi connectivity index (χ4v) is 5.53. The highest BCUT2D eigenvalue weighted by Gasteiger charge is 2.33. The van der Waals surface area contributed by atoms with Crippen LogP contribution in [0.1, 0.15) is 37.0 Å². The molecule has 214 valence electrons. The van der Waals surface area contributed by atoms with Crippen LogP contribution in [-0.2, 0) is 32.6 Å². The fourth-order valence-electron chi connectivity index (χ4n) is 4.18. The molecule has 40 heavy (non-hydrogen) atoms. The number of aryl methyl sites for hydroxylation is 1. The number of amides is 2. The van der Waals surface area contributed by atoms with E-state index in [4.69, 9.17) is 23.2 Å². The number of nitrogens with one attached hydrogen (secondary N) is 1. The van der Waals surface area contributed by atoms with Crippen molar-refractivity contribution < 1.29 is 18.0 Å². The monoisotopic (exact) mass is 603 g/mol. The van der Waals surface area contributed by atoms with E-state index in [0.29, 0.717) is 6.42 Å². The summed E-state index contributed by atoms with van der Waals surface area (Å²) in [6, 6.07) is 20.4. The van der Waals surface area contributed by atoms with E-state index < -0.39 is 28.5 Å². The van der Waals surface area contributed by atoms with Crippen LogP contribution in [0.2, 0.25) is 10.0 Å². The Morgan fingerprint density at radius 1 is 0.925 bits per heavy atom. The Bertz CT molecular complexity index is 1400. The number of carbonyl (C=O) groups excluding carboxylic acids is 2. The van der Waals surface area contributed by atoms with Crippen molar-refractivity contribution in [2.45, 2.75) is 52.2 Å². The first-order valence-electron chi connectivity index (χ1n) is 13.0. The molecule has 0 unspecified atom stereocenters. The summed E-state index contributed by atoms with van der Waals surface area (Å²) < 4.78 is 26.7. The van der Waals surface area contributed by atoms with Crippen molar-refractivity contribution in [1.82, 2.24) is 10.2 Å². The van der Waals surface area contributed by atoms with Gasteiger partial charge >= 0.3 is 0 Å². The lowest BCUT2D eigenvalue weighted by atomic mass is 10.0. The van der Waals surface area contributed by atoms with Gasteiger partial charge in [-0.2, -0.15) is 0 Å². The molecule has 0 spiro atoms. The Morgan fingerprint density at radius 3 is 2.08 bits per heavy atom. The van der Waals surface area contributed by atoms with Crippen molar-refractivity contribution in [3.63, 3.8) is 0 Å². The number of nitrogens with zero attached hydrogens (tertiary/aromatic N) is 2. The summed E-state index contributed by atoms with van der Waals surface area (Å²) in [6.07, 6.45) is 1.98. The van der Waals surface area contributed by atoms with Gasteiger partial charge in [-0.3, -0.25) is 13.9 Å². The number of halogens is 2. The van der Waals surface area contributed by atoms with Crippen molar-refractivity contribution in [1.29, 1.82) is 0 Å². The smallest absolute Gasteiger partial charge is 0.244 e. The zero-order valence-electron chi connectivity index (χ0n) is 23.1. The number of benzene rings is 3. The molecule has 0 aromatic heterocycles. The maximum atomic E-state index is 14.1. The summed E-state index contributed by atoms with van der Waals surface area (Å²) in [5.74, 6) is -0.849. The molecule has 0 aliphatic carbocycles. The third kappa shape index (κ3) is 8.98. The molecule has 2 amide bonds. The molecule has 0 heterocycles. The van der Waals surface area contributed by atoms with E-state index in [2.05, 4.69) is 5.32 Å². The molecule has 0 saturated carbocycles. The molecule has 0 aliphatic rings. The van der Waals surface area contributed by atoms with Crippen LogP contribution >= 0.6 is 23.2 Å². The first-order valence-corrected chi connectivity index (χ1v) is 15.6. The van der Waals surface area contributed by atoms with Crippen LogP contribution < -0.4 is 9.62 Å². The summed E-state index contributed by atoms with van der Waals surface area (Å²) in [6.45, 7) is 5.40. The molecule has 0 fully saturated rings. The summed E-state index contributed by atoms with van der Waals surface area (Å²) in [5, 5.41) is 3.47. The molecule has 0 bridgehead atoms. The van der Waals surface area contributed by atoms with Crippen LogP contribution in [0.4, 0.5) is 5.69 Å². The number of hydrogen-bond donors (Lipinski definition) is 1. The Kier molecular flexibility index (Phi) is 11.0. The Balaban J connectivity index is 2.07. The molecule has 0 aliphatic heterocycles. The average molecular weight is 605 g/mol. The molecule has 1 N–H and O–H groups in total. The minimum absolute atomic E-state index is 0.108. The zero-order valence-corrected chi connectivity index (χ0v) is 25.4. The lowest BCUT2D eigenvalue weighted by Crippen LogP contribution is -2.54. The number of carbonyl (C=O) groups is 2. The standard InChI is InChI=1S/C30H35Cl2N3O4S/c1-5-22(3)33-30(37)28(15-23-9-7-6-8-10-23)34(19-24-13-11-21(2)12-14-24)29(36)20-35(40(4,38)39)27-17-25(31)16-26(32)18-27/h6-14,16-18,22,28H,5,15,19-20H2,1-4H3,(H,33,37)/t22-,28+/m1/s1. The van der Waals surface area contributed by atoms with Crippen molar-refractivity contribution in [3.05, 3.63) is 99.5 Å². The third-order valence-electron chi connectivity index (χ3n) is 6.56. The summed E-state index contributed by atoms with van der Waals surface area (Å²) >= 11 is 12.3.